The van der Waals surface area contributed by atoms with Gasteiger partial charge in [-0.1, -0.05) is 20.8 Å². The minimum Gasteiger partial charge on any atom is -0.338 e. The summed E-state index contributed by atoms with van der Waals surface area (Å²) in [7, 11) is 0. The molecule has 100 valence electrons. The standard InChI is InChI=1S/C14H28N2O/c1-4-10-16(11-13-7-8-13)14(17)15-9-5-6-12(2)3/h12-13H,4-11H2,1-3H3,(H,15,17). The molecule has 0 aromatic heterocycles. The lowest BCUT2D eigenvalue weighted by molar-refractivity contribution is 0.195. The average Bonchev–Trinajstić information content (AvgIpc) is 3.07. The fourth-order valence-electron chi connectivity index (χ4n) is 1.98. The third-order valence-electron chi connectivity index (χ3n) is 3.19. The van der Waals surface area contributed by atoms with Crippen LogP contribution in [0.25, 0.3) is 0 Å². The fraction of sp³-hybridized carbons (Fsp3) is 0.929. The molecular formula is C14H28N2O. The molecule has 1 fully saturated rings. The number of nitrogens with one attached hydrogen (secondary N) is 1. The first kappa shape index (κ1) is 14.3. The van der Waals surface area contributed by atoms with E-state index in [1.54, 1.807) is 0 Å². The highest BCUT2D eigenvalue weighted by molar-refractivity contribution is 5.74. The van der Waals surface area contributed by atoms with E-state index in [2.05, 4.69) is 26.1 Å². The van der Waals surface area contributed by atoms with Crippen molar-refractivity contribution in [3.63, 3.8) is 0 Å². The van der Waals surface area contributed by atoms with Gasteiger partial charge in [0.15, 0.2) is 0 Å². The molecule has 0 spiro atoms. The van der Waals surface area contributed by atoms with E-state index in [9.17, 15) is 4.79 Å². The van der Waals surface area contributed by atoms with Crippen molar-refractivity contribution in [1.29, 1.82) is 0 Å². The summed E-state index contributed by atoms with van der Waals surface area (Å²) in [6.07, 6.45) is 5.94. The third kappa shape index (κ3) is 6.54. The molecule has 1 N–H and O–H groups in total. The molecule has 0 atom stereocenters. The summed E-state index contributed by atoms with van der Waals surface area (Å²) < 4.78 is 0. The average molecular weight is 240 g/mol. The van der Waals surface area contributed by atoms with Crippen LogP contribution in [-0.4, -0.2) is 30.6 Å². The third-order valence-corrected chi connectivity index (χ3v) is 3.19. The molecule has 0 aliphatic heterocycles. The van der Waals surface area contributed by atoms with Crippen LogP contribution in [0.3, 0.4) is 0 Å². The molecular weight excluding hydrogens is 212 g/mol. The molecule has 2 amide bonds. The van der Waals surface area contributed by atoms with Crippen molar-refractivity contribution in [2.24, 2.45) is 11.8 Å². The zero-order chi connectivity index (χ0) is 12.7. The monoisotopic (exact) mass is 240 g/mol. The highest BCUT2D eigenvalue weighted by atomic mass is 16.2. The van der Waals surface area contributed by atoms with Crippen LogP contribution in [0, 0.1) is 11.8 Å². The Morgan fingerprint density at radius 3 is 2.65 bits per heavy atom. The van der Waals surface area contributed by atoms with E-state index in [-0.39, 0.29) is 6.03 Å². The minimum absolute atomic E-state index is 0.141. The maximum atomic E-state index is 12.0. The van der Waals surface area contributed by atoms with Gasteiger partial charge in [0.1, 0.15) is 0 Å². The van der Waals surface area contributed by atoms with Crippen LogP contribution < -0.4 is 5.32 Å². The Labute approximate surface area is 106 Å². The van der Waals surface area contributed by atoms with E-state index >= 15 is 0 Å². The highest BCUT2D eigenvalue weighted by Gasteiger charge is 2.26. The van der Waals surface area contributed by atoms with Gasteiger partial charge in [-0.15, -0.1) is 0 Å². The molecule has 1 saturated carbocycles. The number of urea groups is 1. The molecule has 0 unspecified atom stereocenters. The van der Waals surface area contributed by atoms with E-state index in [1.807, 2.05) is 4.90 Å². The number of rotatable bonds is 8. The zero-order valence-corrected chi connectivity index (χ0v) is 11.7. The van der Waals surface area contributed by atoms with Gasteiger partial charge < -0.3 is 10.2 Å². The summed E-state index contributed by atoms with van der Waals surface area (Å²) in [5.41, 5.74) is 0. The van der Waals surface area contributed by atoms with E-state index in [1.165, 1.54) is 19.3 Å². The summed E-state index contributed by atoms with van der Waals surface area (Å²) >= 11 is 0. The van der Waals surface area contributed by atoms with Crippen LogP contribution in [0.1, 0.15) is 52.9 Å². The lowest BCUT2D eigenvalue weighted by Gasteiger charge is -2.22. The fourth-order valence-corrected chi connectivity index (χ4v) is 1.98. The summed E-state index contributed by atoms with van der Waals surface area (Å²) in [4.78, 5) is 13.9. The molecule has 0 aromatic carbocycles. The second kappa shape index (κ2) is 7.57. The molecule has 0 bridgehead atoms. The van der Waals surface area contributed by atoms with Crippen LogP contribution in [0.4, 0.5) is 4.79 Å². The summed E-state index contributed by atoms with van der Waals surface area (Å²) in [5.74, 6) is 1.51. The van der Waals surface area contributed by atoms with E-state index in [0.29, 0.717) is 0 Å². The SMILES string of the molecule is CCCN(CC1CC1)C(=O)NCCCC(C)C. The van der Waals surface area contributed by atoms with E-state index < -0.39 is 0 Å². The Bertz CT molecular complexity index is 224. The van der Waals surface area contributed by atoms with Crippen LogP contribution >= 0.6 is 0 Å². The molecule has 0 saturated heterocycles. The second-order valence-corrected chi connectivity index (χ2v) is 5.66. The molecule has 1 aliphatic rings. The smallest absolute Gasteiger partial charge is 0.317 e. The summed E-state index contributed by atoms with van der Waals surface area (Å²) in [6, 6.07) is 0.141. The molecule has 0 radical (unpaired) electrons. The molecule has 3 heteroatoms. The largest absolute Gasteiger partial charge is 0.338 e. The Morgan fingerprint density at radius 1 is 1.41 bits per heavy atom. The van der Waals surface area contributed by atoms with Gasteiger partial charge >= 0.3 is 6.03 Å². The molecule has 3 nitrogen and oxygen atoms in total. The van der Waals surface area contributed by atoms with E-state index in [0.717, 1.165) is 44.3 Å². The predicted octanol–water partition coefficient (Wildman–Crippen LogP) is 3.25. The second-order valence-electron chi connectivity index (χ2n) is 5.66. The van der Waals surface area contributed by atoms with Crippen molar-refractivity contribution in [3.05, 3.63) is 0 Å². The van der Waals surface area contributed by atoms with Gasteiger partial charge in [0, 0.05) is 19.6 Å². The number of hydrogen-bond donors (Lipinski definition) is 1. The number of amides is 2. The van der Waals surface area contributed by atoms with Gasteiger partial charge in [-0.2, -0.15) is 0 Å². The van der Waals surface area contributed by atoms with Gasteiger partial charge in [0.25, 0.3) is 0 Å². The summed E-state index contributed by atoms with van der Waals surface area (Å²) in [5, 5.41) is 3.04. The first-order chi connectivity index (χ1) is 8.13. The molecule has 17 heavy (non-hydrogen) atoms. The van der Waals surface area contributed by atoms with Crippen molar-refractivity contribution >= 4 is 6.03 Å². The van der Waals surface area contributed by atoms with Crippen molar-refractivity contribution in [1.82, 2.24) is 10.2 Å². The normalized spacial score (nSPS) is 15.1. The Balaban J connectivity index is 2.16. The Kier molecular flexibility index (Phi) is 6.38. The van der Waals surface area contributed by atoms with Crippen LogP contribution in [0.15, 0.2) is 0 Å². The number of carbonyl (C=O) groups excluding carboxylic acids is 1. The first-order valence-corrected chi connectivity index (χ1v) is 7.16. The summed E-state index contributed by atoms with van der Waals surface area (Å²) in [6.45, 7) is 9.25. The maximum Gasteiger partial charge on any atom is 0.317 e. The topological polar surface area (TPSA) is 32.3 Å². The quantitative estimate of drug-likeness (QED) is 0.649. The predicted molar refractivity (Wildman–Crippen MR) is 72.1 cm³/mol. The molecule has 1 aliphatic carbocycles. The number of nitrogens with zero attached hydrogens (tertiary/aromatic N) is 1. The minimum atomic E-state index is 0.141. The Morgan fingerprint density at radius 2 is 2.12 bits per heavy atom. The molecule has 1 rings (SSSR count). The Hall–Kier alpha value is -0.730. The van der Waals surface area contributed by atoms with Gasteiger partial charge in [0.2, 0.25) is 0 Å². The molecule has 0 aromatic rings. The van der Waals surface area contributed by atoms with Crippen molar-refractivity contribution in [3.8, 4) is 0 Å². The van der Waals surface area contributed by atoms with Crippen LogP contribution in [0.5, 0.6) is 0 Å². The first-order valence-electron chi connectivity index (χ1n) is 7.16. The number of carbonyl (C=O) groups is 1. The highest BCUT2D eigenvalue weighted by Crippen LogP contribution is 2.29. The number of hydrogen-bond acceptors (Lipinski definition) is 1. The lowest BCUT2D eigenvalue weighted by atomic mass is 10.1. The van der Waals surface area contributed by atoms with Gasteiger partial charge in [-0.3, -0.25) is 0 Å². The molecule has 0 heterocycles. The van der Waals surface area contributed by atoms with Crippen LogP contribution in [-0.2, 0) is 0 Å². The van der Waals surface area contributed by atoms with Crippen LogP contribution in [0.2, 0.25) is 0 Å². The van der Waals surface area contributed by atoms with Gasteiger partial charge in [-0.05, 0) is 43.9 Å². The lowest BCUT2D eigenvalue weighted by Crippen LogP contribution is -2.41. The zero-order valence-electron chi connectivity index (χ0n) is 11.7. The van der Waals surface area contributed by atoms with Crippen molar-refractivity contribution in [2.45, 2.75) is 52.9 Å². The van der Waals surface area contributed by atoms with Crippen molar-refractivity contribution in [2.75, 3.05) is 19.6 Å². The van der Waals surface area contributed by atoms with Gasteiger partial charge in [0.05, 0.1) is 0 Å². The van der Waals surface area contributed by atoms with Gasteiger partial charge in [-0.25, -0.2) is 4.79 Å². The maximum absolute atomic E-state index is 12.0. The van der Waals surface area contributed by atoms with Crippen molar-refractivity contribution < 1.29 is 4.79 Å². The van der Waals surface area contributed by atoms with E-state index in [4.69, 9.17) is 0 Å².